The molecule has 3 aromatic heterocycles. The number of nitrogens with zero attached hydrogens (tertiary/aromatic N) is 2. The highest BCUT2D eigenvalue weighted by atomic mass is 32.1. The number of benzene rings is 2. The average molecular weight is 503 g/mol. The van der Waals surface area contributed by atoms with E-state index in [-0.39, 0.29) is 0 Å². The first-order valence-corrected chi connectivity index (χ1v) is 13.4. The van der Waals surface area contributed by atoms with E-state index in [0.717, 1.165) is 41.8 Å². The van der Waals surface area contributed by atoms with Gasteiger partial charge in [0, 0.05) is 30.6 Å². The maximum atomic E-state index is 9.96. The molecule has 0 aliphatic carbocycles. The predicted molar refractivity (Wildman–Crippen MR) is 151 cm³/mol. The highest BCUT2D eigenvalue weighted by Crippen LogP contribution is 2.46. The Morgan fingerprint density at radius 3 is 1.34 bits per heavy atom. The van der Waals surface area contributed by atoms with Gasteiger partial charge in [0.15, 0.2) is 0 Å². The fraction of sp³-hybridized carbons (Fsp3) is 0. The summed E-state index contributed by atoms with van der Waals surface area (Å²) in [6.45, 7) is 0. The Kier molecular flexibility index (Phi) is 6.84. The molecule has 0 spiro atoms. The van der Waals surface area contributed by atoms with Crippen LogP contribution in [0.2, 0.25) is 0 Å². The molecule has 0 amide bonds. The van der Waals surface area contributed by atoms with Gasteiger partial charge in [0.1, 0.15) is 12.1 Å². The molecule has 0 radical (unpaired) electrons. The van der Waals surface area contributed by atoms with Crippen molar-refractivity contribution in [2.75, 3.05) is 0 Å². The second kappa shape index (κ2) is 10.5. The van der Waals surface area contributed by atoms with Gasteiger partial charge in [0.05, 0.1) is 11.1 Å². The summed E-state index contributed by atoms with van der Waals surface area (Å²) in [4.78, 5) is 3.87. The Morgan fingerprint density at radius 1 is 0.571 bits per heavy atom. The lowest BCUT2D eigenvalue weighted by atomic mass is 9.93. The van der Waals surface area contributed by atoms with Crippen molar-refractivity contribution in [1.82, 2.24) is 0 Å². The summed E-state index contributed by atoms with van der Waals surface area (Å²) < 4.78 is 0. The molecule has 0 saturated heterocycles. The molecule has 0 saturated carbocycles. The fourth-order valence-corrected chi connectivity index (χ4v) is 6.52. The van der Waals surface area contributed by atoms with Crippen molar-refractivity contribution in [3.8, 4) is 34.4 Å². The molecular formula is C30H18N2S3. The summed E-state index contributed by atoms with van der Waals surface area (Å²) in [6, 6.07) is 33.2. The zero-order chi connectivity index (χ0) is 24.0. The highest BCUT2D eigenvalue weighted by molar-refractivity contribution is 7.15. The van der Waals surface area contributed by atoms with E-state index in [1.807, 2.05) is 83.6 Å². The lowest BCUT2D eigenvalue weighted by Gasteiger charge is -2.09. The third-order valence-corrected chi connectivity index (χ3v) is 8.34. The first-order chi connectivity index (χ1) is 17.3. The molecule has 5 rings (SSSR count). The van der Waals surface area contributed by atoms with Crippen molar-refractivity contribution in [2.24, 2.45) is 0 Å². The van der Waals surface area contributed by atoms with Crippen LogP contribution >= 0.6 is 34.0 Å². The van der Waals surface area contributed by atoms with Gasteiger partial charge in [-0.3, -0.25) is 0 Å². The van der Waals surface area contributed by atoms with Crippen molar-refractivity contribution in [3.63, 3.8) is 0 Å². The summed E-state index contributed by atoms with van der Waals surface area (Å²) in [6.07, 6.45) is 3.97. The summed E-state index contributed by atoms with van der Waals surface area (Å²) in [5.74, 6) is 0. The van der Waals surface area contributed by atoms with Crippen LogP contribution < -0.4 is 0 Å². The molecule has 2 aromatic carbocycles. The van der Waals surface area contributed by atoms with Gasteiger partial charge in [-0.25, -0.2) is 0 Å². The Bertz CT molecular complexity index is 1450. The molecule has 5 heteroatoms. The topological polar surface area (TPSA) is 47.6 Å². The van der Waals surface area contributed by atoms with Gasteiger partial charge in [-0.05, 0) is 46.2 Å². The highest BCUT2D eigenvalue weighted by Gasteiger charge is 2.21. The van der Waals surface area contributed by atoms with Crippen molar-refractivity contribution >= 4 is 57.3 Å². The number of hydrogen-bond acceptors (Lipinski definition) is 5. The number of thiophene rings is 3. The SMILES string of the molecule is N#C/C(=C\c1sc(/C=C(\C#N)c2cccs2)c(-c2ccccc2)c1-c1ccccc1)c1cccs1. The summed E-state index contributed by atoms with van der Waals surface area (Å²) in [5.41, 5.74) is 5.56. The molecule has 0 unspecified atom stereocenters. The normalized spacial score (nSPS) is 11.7. The van der Waals surface area contributed by atoms with E-state index in [9.17, 15) is 10.5 Å². The van der Waals surface area contributed by atoms with Crippen LogP contribution in [0, 0.1) is 22.7 Å². The molecular weight excluding hydrogens is 485 g/mol. The fourth-order valence-electron chi connectivity index (χ4n) is 3.90. The maximum absolute atomic E-state index is 9.96. The van der Waals surface area contributed by atoms with Gasteiger partial charge in [0.25, 0.3) is 0 Å². The quantitative estimate of drug-likeness (QED) is 0.217. The Labute approximate surface area is 216 Å². The number of nitriles is 2. The van der Waals surface area contributed by atoms with Crippen LogP contribution in [0.3, 0.4) is 0 Å². The molecule has 166 valence electrons. The van der Waals surface area contributed by atoms with Gasteiger partial charge in [-0.2, -0.15) is 10.5 Å². The number of allylic oxidation sites excluding steroid dienone is 2. The molecule has 0 fully saturated rings. The first-order valence-electron chi connectivity index (χ1n) is 10.9. The summed E-state index contributed by atoms with van der Waals surface area (Å²) in [5, 5.41) is 23.9. The minimum atomic E-state index is 0.632. The van der Waals surface area contributed by atoms with Crippen molar-refractivity contribution in [3.05, 3.63) is 115 Å². The van der Waals surface area contributed by atoms with Crippen molar-refractivity contribution < 1.29 is 0 Å². The van der Waals surface area contributed by atoms with E-state index in [1.165, 1.54) is 0 Å². The minimum absolute atomic E-state index is 0.632. The van der Waals surface area contributed by atoms with Crippen LogP contribution in [0.1, 0.15) is 19.5 Å². The summed E-state index contributed by atoms with van der Waals surface area (Å²) >= 11 is 4.73. The maximum Gasteiger partial charge on any atom is 0.101 e. The largest absolute Gasteiger partial charge is 0.192 e. The van der Waals surface area contributed by atoms with E-state index in [1.54, 1.807) is 34.0 Å². The van der Waals surface area contributed by atoms with Crippen LogP contribution in [0.15, 0.2) is 95.7 Å². The number of hydrogen-bond donors (Lipinski definition) is 0. The van der Waals surface area contributed by atoms with E-state index in [0.29, 0.717) is 11.1 Å². The van der Waals surface area contributed by atoms with E-state index in [4.69, 9.17) is 0 Å². The Morgan fingerprint density at radius 2 is 1.00 bits per heavy atom. The lowest BCUT2D eigenvalue weighted by Crippen LogP contribution is -1.85. The van der Waals surface area contributed by atoms with Crippen LogP contribution in [0.5, 0.6) is 0 Å². The zero-order valence-corrected chi connectivity index (χ0v) is 21.0. The minimum Gasteiger partial charge on any atom is -0.192 e. The molecule has 0 aliphatic heterocycles. The molecule has 3 heterocycles. The van der Waals surface area contributed by atoms with Crippen LogP contribution in [-0.4, -0.2) is 0 Å². The van der Waals surface area contributed by atoms with E-state index in [2.05, 4.69) is 36.4 Å². The molecule has 0 bridgehead atoms. The van der Waals surface area contributed by atoms with Crippen molar-refractivity contribution in [2.45, 2.75) is 0 Å². The molecule has 35 heavy (non-hydrogen) atoms. The molecule has 0 aliphatic rings. The van der Waals surface area contributed by atoms with Gasteiger partial charge in [0.2, 0.25) is 0 Å². The van der Waals surface area contributed by atoms with Gasteiger partial charge in [-0.1, -0.05) is 72.8 Å². The third kappa shape index (κ3) is 4.80. The second-order valence-corrected chi connectivity index (χ2v) is 10.6. The zero-order valence-electron chi connectivity index (χ0n) is 18.5. The Hall–Kier alpha value is -4.00. The molecule has 0 atom stereocenters. The predicted octanol–water partition coefficient (Wildman–Crippen LogP) is 9.33. The lowest BCUT2D eigenvalue weighted by molar-refractivity contribution is 1.54. The smallest absolute Gasteiger partial charge is 0.101 e. The number of rotatable bonds is 6. The van der Waals surface area contributed by atoms with Crippen molar-refractivity contribution in [1.29, 1.82) is 10.5 Å². The van der Waals surface area contributed by atoms with E-state index < -0.39 is 0 Å². The second-order valence-electron chi connectivity index (χ2n) is 7.61. The van der Waals surface area contributed by atoms with Gasteiger partial charge in [-0.15, -0.1) is 34.0 Å². The first kappa shape index (κ1) is 22.8. The van der Waals surface area contributed by atoms with E-state index >= 15 is 0 Å². The van der Waals surface area contributed by atoms with Crippen LogP contribution in [0.4, 0.5) is 0 Å². The monoisotopic (exact) mass is 502 g/mol. The summed E-state index contributed by atoms with van der Waals surface area (Å²) in [7, 11) is 0. The van der Waals surface area contributed by atoms with Gasteiger partial charge >= 0.3 is 0 Å². The average Bonchev–Trinajstić information content (AvgIpc) is 3.68. The molecule has 2 nitrogen and oxygen atoms in total. The third-order valence-electron chi connectivity index (χ3n) is 5.45. The van der Waals surface area contributed by atoms with Gasteiger partial charge < -0.3 is 0 Å². The molecule has 0 N–H and O–H groups in total. The van der Waals surface area contributed by atoms with Crippen LogP contribution in [-0.2, 0) is 0 Å². The standard InChI is InChI=1S/C30H18N2S3/c31-19-23(25-13-7-15-33-25)17-27-29(21-9-3-1-4-10-21)30(22-11-5-2-6-12-22)28(35-27)18-24(20-32)26-14-8-16-34-26/h1-18H/b23-17+,24-18+. The molecule has 5 aromatic rings. The van der Waals surface area contributed by atoms with Crippen LogP contribution in [0.25, 0.3) is 45.6 Å². The Balaban J connectivity index is 1.83.